The molecule has 0 spiro atoms. The Kier molecular flexibility index (Phi) is 62.9. The molecule has 0 bridgehead atoms. The molecule has 0 heterocycles. The monoisotopic (exact) mass is 1300 g/mol. The number of carbonyl (C=O) groups is 3. The fourth-order valence-corrected chi connectivity index (χ4v) is 11.0. The van der Waals surface area contributed by atoms with Gasteiger partial charge in [-0.25, -0.2) is 9.13 Å². The van der Waals surface area contributed by atoms with Gasteiger partial charge >= 0.3 is 33.6 Å². The quantitative estimate of drug-likeness (QED) is 0.0146. The van der Waals surface area contributed by atoms with Gasteiger partial charge in [-0.3, -0.25) is 32.5 Å². The van der Waals surface area contributed by atoms with Crippen LogP contribution in [0.25, 0.3) is 0 Å². The average molecular weight is 1300 g/mol. The van der Waals surface area contributed by atoms with Crippen molar-refractivity contribution in [2.75, 3.05) is 39.6 Å². The number of hydrogen-bond donors (Lipinski definition) is 4. The van der Waals surface area contributed by atoms with Crippen LogP contribution in [0.4, 0.5) is 0 Å². The molecule has 0 saturated heterocycles. The first-order valence-electron chi connectivity index (χ1n) is 35.2. The number of esters is 3. The highest BCUT2D eigenvalue weighted by atomic mass is 31.2. The van der Waals surface area contributed by atoms with Crippen LogP contribution in [0.3, 0.4) is 0 Å². The Bertz CT molecular complexity index is 1920. The molecular formula is C71H128O16P2. The van der Waals surface area contributed by atoms with Crippen LogP contribution in [0.2, 0.25) is 0 Å². The van der Waals surface area contributed by atoms with Gasteiger partial charge in [0.15, 0.2) is 6.10 Å². The van der Waals surface area contributed by atoms with E-state index in [0.717, 1.165) is 128 Å². The van der Waals surface area contributed by atoms with Crippen molar-refractivity contribution in [3.63, 3.8) is 0 Å². The molecular weight excluding hydrogens is 1170 g/mol. The maximum atomic E-state index is 12.9. The fourth-order valence-electron chi connectivity index (χ4n) is 9.43. The molecule has 0 aliphatic rings. The van der Waals surface area contributed by atoms with Crippen LogP contribution in [0, 0.1) is 0 Å². The molecule has 0 radical (unpaired) electrons. The predicted molar refractivity (Wildman–Crippen MR) is 362 cm³/mol. The summed E-state index contributed by atoms with van der Waals surface area (Å²) in [4.78, 5) is 58.3. The standard InChI is InChI=1S/C71H128O16P2/c1-4-7-10-13-16-19-22-25-27-28-29-30-31-32-33-34-35-36-38-41-42-45-48-51-54-57-69(74)81-60-66(72)61-83-88(77,78)84-62-67(73)63-85-89(79,80)86-65-68(87-71(76)59-56-53-50-47-44-39-24-21-18-15-12-9-6-3)64-82-70(75)58-55-52-49-46-43-40-37-26-23-20-17-14-11-8-5-2/h16,19,21,24-27,29-30,32-33,37,66-68,72-73H,4-15,17-18,20,22-23,28,31,34-36,38-65H2,1-3H3,(H,77,78)(H,79,80)/b19-16-,24-21-,27-25-,30-29-,33-32-,37-26-. The van der Waals surface area contributed by atoms with E-state index in [4.69, 9.17) is 32.3 Å². The SMILES string of the molecule is CCCCC/C=C\C/C=C\C/C=C\C/C=C\CCCCCCCCCCCC(=O)OCC(O)COP(=O)(O)OCC(O)COP(=O)(O)OCC(COC(=O)CCCCCCC/C=C\CCCCCCCC)OC(=O)CCCCCCC/C=C\CCCCCC. The Balaban J connectivity index is 4.53. The molecule has 16 nitrogen and oxygen atoms in total. The number of ether oxygens (including phenoxy) is 3. The normalized spacial score (nSPS) is 14.6. The van der Waals surface area contributed by atoms with E-state index < -0.39 is 91.5 Å². The van der Waals surface area contributed by atoms with E-state index >= 15 is 0 Å². The van der Waals surface area contributed by atoms with Crippen LogP contribution < -0.4 is 0 Å². The van der Waals surface area contributed by atoms with Gasteiger partial charge in [0.2, 0.25) is 0 Å². The summed E-state index contributed by atoms with van der Waals surface area (Å²) < 4.78 is 60.9. The van der Waals surface area contributed by atoms with Crippen molar-refractivity contribution in [1.82, 2.24) is 0 Å². The summed E-state index contributed by atoms with van der Waals surface area (Å²) in [6, 6.07) is 0. The highest BCUT2D eigenvalue weighted by Gasteiger charge is 2.29. The van der Waals surface area contributed by atoms with Gasteiger partial charge in [-0.2, -0.15) is 0 Å². The molecule has 0 saturated carbocycles. The van der Waals surface area contributed by atoms with Gasteiger partial charge < -0.3 is 34.2 Å². The van der Waals surface area contributed by atoms with Crippen LogP contribution in [0.15, 0.2) is 72.9 Å². The Labute approximate surface area is 541 Å². The second-order valence-electron chi connectivity index (χ2n) is 23.7. The predicted octanol–water partition coefficient (Wildman–Crippen LogP) is 19.5. The van der Waals surface area contributed by atoms with Crippen molar-refractivity contribution < 1.29 is 75.8 Å². The smallest absolute Gasteiger partial charge is 0.463 e. The molecule has 0 fully saturated rings. The second kappa shape index (κ2) is 65.1. The molecule has 18 heteroatoms. The van der Waals surface area contributed by atoms with Crippen molar-refractivity contribution in [3.05, 3.63) is 72.9 Å². The highest BCUT2D eigenvalue weighted by molar-refractivity contribution is 7.47. The fraction of sp³-hybridized carbons (Fsp3) is 0.789. The topological polar surface area (TPSA) is 231 Å². The van der Waals surface area contributed by atoms with E-state index in [1.807, 2.05) is 0 Å². The van der Waals surface area contributed by atoms with Crippen molar-refractivity contribution in [2.45, 2.75) is 322 Å². The third kappa shape index (κ3) is 66.3. The molecule has 0 aliphatic carbocycles. The van der Waals surface area contributed by atoms with Crippen LogP contribution in [0.1, 0.15) is 303 Å². The van der Waals surface area contributed by atoms with E-state index in [2.05, 4.69) is 93.7 Å². The van der Waals surface area contributed by atoms with Gasteiger partial charge in [-0.05, 0) is 116 Å². The summed E-state index contributed by atoms with van der Waals surface area (Å²) in [6.45, 7) is 2.62. The summed E-state index contributed by atoms with van der Waals surface area (Å²) in [5.41, 5.74) is 0. The third-order valence-corrected chi connectivity index (χ3v) is 16.8. The lowest BCUT2D eigenvalue weighted by Gasteiger charge is -2.21. The minimum atomic E-state index is -4.92. The van der Waals surface area contributed by atoms with Crippen LogP contribution in [-0.2, 0) is 55.8 Å². The Morgan fingerprint density at radius 1 is 0.315 bits per heavy atom. The second-order valence-corrected chi connectivity index (χ2v) is 26.6. The Morgan fingerprint density at radius 3 is 0.933 bits per heavy atom. The number of phosphoric ester groups is 2. The van der Waals surface area contributed by atoms with Crippen LogP contribution in [-0.4, -0.2) is 95.9 Å². The lowest BCUT2D eigenvalue weighted by molar-refractivity contribution is -0.161. The molecule has 89 heavy (non-hydrogen) atoms. The first-order chi connectivity index (χ1) is 43.2. The Morgan fingerprint density at radius 2 is 0.562 bits per heavy atom. The van der Waals surface area contributed by atoms with E-state index in [1.54, 1.807) is 0 Å². The zero-order valence-electron chi connectivity index (χ0n) is 56.1. The van der Waals surface area contributed by atoms with Crippen LogP contribution in [0.5, 0.6) is 0 Å². The van der Waals surface area contributed by atoms with Gasteiger partial charge in [0.1, 0.15) is 25.4 Å². The molecule has 0 aromatic carbocycles. The van der Waals surface area contributed by atoms with E-state index in [9.17, 15) is 43.5 Å². The maximum absolute atomic E-state index is 12.9. The molecule has 518 valence electrons. The molecule has 0 amide bonds. The van der Waals surface area contributed by atoms with Gasteiger partial charge in [-0.1, -0.05) is 241 Å². The van der Waals surface area contributed by atoms with Crippen molar-refractivity contribution in [1.29, 1.82) is 0 Å². The van der Waals surface area contributed by atoms with Crippen molar-refractivity contribution in [3.8, 4) is 0 Å². The molecule has 4 N–H and O–H groups in total. The number of rotatable bonds is 67. The average Bonchev–Trinajstić information content (AvgIpc) is 3.70. The number of carbonyl (C=O) groups excluding carboxylic acids is 3. The van der Waals surface area contributed by atoms with Crippen molar-refractivity contribution >= 4 is 33.6 Å². The summed E-state index contributed by atoms with van der Waals surface area (Å²) in [5.74, 6) is -1.59. The summed E-state index contributed by atoms with van der Waals surface area (Å²) >= 11 is 0. The number of aliphatic hydroxyl groups is 2. The molecule has 0 rings (SSSR count). The van der Waals surface area contributed by atoms with Crippen LogP contribution >= 0.6 is 15.6 Å². The van der Waals surface area contributed by atoms with Crippen molar-refractivity contribution in [2.24, 2.45) is 0 Å². The van der Waals surface area contributed by atoms with Gasteiger partial charge in [-0.15, -0.1) is 0 Å². The van der Waals surface area contributed by atoms with Gasteiger partial charge in [0.25, 0.3) is 0 Å². The lowest BCUT2D eigenvalue weighted by atomic mass is 10.1. The molecule has 0 aliphatic heterocycles. The summed E-state index contributed by atoms with van der Waals surface area (Å²) in [7, 11) is -9.77. The van der Waals surface area contributed by atoms with E-state index in [0.29, 0.717) is 19.3 Å². The lowest BCUT2D eigenvalue weighted by Crippen LogP contribution is -2.30. The minimum Gasteiger partial charge on any atom is -0.463 e. The zero-order chi connectivity index (χ0) is 65.3. The Hall–Kier alpha value is -3.01. The molecule has 5 unspecified atom stereocenters. The van der Waals surface area contributed by atoms with E-state index in [-0.39, 0.29) is 19.3 Å². The first kappa shape index (κ1) is 86.0. The van der Waals surface area contributed by atoms with Gasteiger partial charge in [0, 0.05) is 19.3 Å². The first-order valence-corrected chi connectivity index (χ1v) is 38.2. The molecule has 5 atom stereocenters. The number of phosphoric acid groups is 2. The maximum Gasteiger partial charge on any atom is 0.472 e. The zero-order valence-corrected chi connectivity index (χ0v) is 57.9. The minimum absolute atomic E-state index is 0.0951. The molecule has 0 aromatic rings. The summed E-state index contributed by atoms with van der Waals surface area (Å²) in [6.07, 6.45) is 68.1. The number of aliphatic hydroxyl groups excluding tert-OH is 2. The number of hydrogen-bond acceptors (Lipinski definition) is 14. The highest BCUT2D eigenvalue weighted by Crippen LogP contribution is 2.45. The third-order valence-electron chi connectivity index (χ3n) is 14.9. The molecule has 0 aromatic heterocycles. The van der Waals surface area contributed by atoms with E-state index in [1.165, 1.54) is 116 Å². The number of allylic oxidation sites excluding steroid dienone is 12. The largest absolute Gasteiger partial charge is 0.472 e. The number of unbranched alkanes of at least 4 members (excludes halogenated alkanes) is 32. The summed E-state index contributed by atoms with van der Waals surface area (Å²) in [5, 5.41) is 20.5. The van der Waals surface area contributed by atoms with Gasteiger partial charge in [0.05, 0.1) is 26.4 Å².